The van der Waals surface area contributed by atoms with E-state index in [1.807, 2.05) is 6.07 Å². The molecule has 1 aromatic heterocycles. The molecule has 1 atom stereocenters. The smallest absolute Gasteiger partial charge is 0.330 e. The number of nitrogens with one attached hydrogen (secondary N) is 3. The largest absolute Gasteiger partial charge is 0.354 e. The molecule has 0 radical (unpaired) electrons. The van der Waals surface area contributed by atoms with Gasteiger partial charge >= 0.3 is 11.7 Å². The van der Waals surface area contributed by atoms with Crippen LogP contribution in [0.1, 0.15) is 30.4 Å². The summed E-state index contributed by atoms with van der Waals surface area (Å²) in [6.07, 6.45) is 7.19. The number of benzene rings is 1. The van der Waals surface area contributed by atoms with Crippen molar-refractivity contribution in [2.24, 2.45) is 11.7 Å². The van der Waals surface area contributed by atoms with Gasteiger partial charge in [0, 0.05) is 44.5 Å². The fourth-order valence-electron chi connectivity index (χ4n) is 5.16. The van der Waals surface area contributed by atoms with E-state index in [0.29, 0.717) is 31.1 Å². The third-order valence-electron chi connectivity index (χ3n) is 7.18. The summed E-state index contributed by atoms with van der Waals surface area (Å²) in [6.45, 7) is 3.61. The molecule has 2 aromatic rings. The summed E-state index contributed by atoms with van der Waals surface area (Å²) in [4.78, 5) is 30.9. The lowest BCUT2D eigenvalue weighted by Crippen LogP contribution is -2.49. The number of carbonyl (C=O) groups excluding carboxylic acids is 1. The van der Waals surface area contributed by atoms with Crippen molar-refractivity contribution in [1.82, 2.24) is 25.1 Å². The molecule has 1 saturated heterocycles. The predicted octanol–water partition coefficient (Wildman–Crippen LogP) is 0.854. The SMILES string of the molecule is NCC1CC(NC2CCc3ccc(-n4ccc(NC(=O)N5CCNCC5)nc4=O)cc3C2)C1. The van der Waals surface area contributed by atoms with Crippen molar-refractivity contribution in [3.63, 3.8) is 0 Å². The van der Waals surface area contributed by atoms with E-state index in [1.54, 1.807) is 17.2 Å². The summed E-state index contributed by atoms with van der Waals surface area (Å²) in [7, 11) is 0. The van der Waals surface area contributed by atoms with Gasteiger partial charge in [-0.05, 0) is 73.9 Å². The number of anilines is 1. The average molecular weight is 452 g/mol. The van der Waals surface area contributed by atoms with Crippen LogP contribution in [0.25, 0.3) is 5.69 Å². The first-order chi connectivity index (χ1) is 16.1. The van der Waals surface area contributed by atoms with Crippen molar-refractivity contribution in [1.29, 1.82) is 0 Å². The molecule has 1 unspecified atom stereocenters. The van der Waals surface area contributed by atoms with Crippen LogP contribution in [0, 0.1) is 5.92 Å². The van der Waals surface area contributed by atoms with E-state index in [4.69, 9.17) is 5.73 Å². The van der Waals surface area contributed by atoms with Crippen LogP contribution in [-0.4, -0.2) is 65.3 Å². The van der Waals surface area contributed by atoms with Crippen molar-refractivity contribution >= 4 is 11.8 Å². The Morgan fingerprint density at radius 1 is 1.15 bits per heavy atom. The van der Waals surface area contributed by atoms with Gasteiger partial charge in [0.05, 0.1) is 5.69 Å². The third-order valence-corrected chi connectivity index (χ3v) is 7.18. The second-order valence-corrected chi connectivity index (χ2v) is 9.46. The highest BCUT2D eigenvalue weighted by Gasteiger charge is 2.30. The van der Waals surface area contributed by atoms with E-state index < -0.39 is 5.69 Å². The molecule has 33 heavy (non-hydrogen) atoms. The van der Waals surface area contributed by atoms with Gasteiger partial charge in [-0.25, -0.2) is 9.59 Å². The zero-order chi connectivity index (χ0) is 22.8. The van der Waals surface area contributed by atoms with E-state index in [-0.39, 0.29) is 11.8 Å². The van der Waals surface area contributed by atoms with Crippen LogP contribution >= 0.6 is 0 Å². The maximum atomic E-state index is 12.7. The summed E-state index contributed by atoms with van der Waals surface area (Å²) in [5.74, 6) is 0.951. The van der Waals surface area contributed by atoms with Gasteiger partial charge in [-0.3, -0.25) is 9.88 Å². The number of fused-ring (bicyclic) bond motifs is 1. The molecule has 1 saturated carbocycles. The lowest BCUT2D eigenvalue weighted by atomic mass is 9.79. The molecule has 2 fully saturated rings. The number of urea groups is 1. The Labute approximate surface area is 193 Å². The third kappa shape index (κ3) is 4.95. The topological polar surface area (TPSA) is 117 Å². The Hall–Kier alpha value is -2.75. The Morgan fingerprint density at radius 3 is 2.73 bits per heavy atom. The van der Waals surface area contributed by atoms with Crippen molar-refractivity contribution in [3.8, 4) is 5.69 Å². The highest BCUT2D eigenvalue weighted by Crippen LogP contribution is 2.29. The maximum absolute atomic E-state index is 12.7. The fraction of sp³-hybridized carbons (Fsp3) is 0.542. The first kappa shape index (κ1) is 22.1. The molecule has 2 aliphatic carbocycles. The predicted molar refractivity (Wildman–Crippen MR) is 128 cm³/mol. The molecule has 9 heteroatoms. The summed E-state index contributed by atoms with van der Waals surface area (Å²) < 4.78 is 1.54. The van der Waals surface area contributed by atoms with Gasteiger partial charge in [-0.2, -0.15) is 4.98 Å². The van der Waals surface area contributed by atoms with Gasteiger partial charge < -0.3 is 21.3 Å². The zero-order valence-corrected chi connectivity index (χ0v) is 18.9. The Kier molecular flexibility index (Phi) is 6.43. The highest BCUT2D eigenvalue weighted by atomic mass is 16.2. The van der Waals surface area contributed by atoms with Crippen molar-refractivity contribution in [2.75, 3.05) is 38.0 Å². The highest BCUT2D eigenvalue weighted by molar-refractivity contribution is 5.88. The van der Waals surface area contributed by atoms with Gasteiger partial charge in [-0.15, -0.1) is 0 Å². The van der Waals surface area contributed by atoms with E-state index in [2.05, 4.69) is 33.1 Å². The maximum Gasteiger partial charge on any atom is 0.354 e. The summed E-state index contributed by atoms with van der Waals surface area (Å²) >= 11 is 0. The van der Waals surface area contributed by atoms with Crippen molar-refractivity contribution < 1.29 is 4.79 Å². The lowest BCUT2D eigenvalue weighted by Gasteiger charge is -2.39. The van der Waals surface area contributed by atoms with Crippen LogP contribution in [0.15, 0.2) is 35.3 Å². The molecule has 0 spiro atoms. The number of aryl methyl sites for hydroxylation is 1. The van der Waals surface area contributed by atoms with Crippen LogP contribution in [0.2, 0.25) is 0 Å². The molecule has 5 N–H and O–H groups in total. The molecule has 1 aromatic carbocycles. The number of hydrogen-bond acceptors (Lipinski definition) is 6. The molecule has 2 amide bonds. The average Bonchev–Trinajstić information content (AvgIpc) is 2.81. The quantitative estimate of drug-likeness (QED) is 0.536. The molecule has 2 heterocycles. The Morgan fingerprint density at radius 2 is 1.97 bits per heavy atom. The molecule has 1 aliphatic heterocycles. The van der Waals surface area contributed by atoms with Crippen LogP contribution in [0.4, 0.5) is 10.6 Å². The molecular weight excluding hydrogens is 418 g/mol. The number of rotatable bonds is 5. The van der Waals surface area contributed by atoms with Gasteiger partial charge in [0.2, 0.25) is 0 Å². The van der Waals surface area contributed by atoms with Crippen LogP contribution < -0.4 is 27.4 Å². The molecular formula is C24H33N7O2. The lowest BCUT2D eigenvalue weighted by molar-refractivity contribution is 0.203. The van der Waals surface area contributed by atoms with Gasteiger partial charge in [-0.1, -0.05) is 6.07 Å². The fourth-order valence-corrected chi connectivity index (χ4v) is 5.16. The molecule has 0 bridgehead atoms. The van der Waals surface area contributed by atoms with Crippen LogP contribution in [-0.2, 0) is 12.8 Å². The van der Waals surface area contributed by atoms with E-state index >= 15 is 0 Å². The number of amides is 2. The first-order valence-corrected chi connectivity index (χ1v) is 12.0. The number of hydrogen-bond donors (Lipinski definition) is 4. The van der Waals surface area contributed by atoms with E-state index in [1.165, 1.54) is 28.5 Å². The normalized spacial score (nSPS) is 24.6. The summed E-state index contributed by atoms with van der Waals surface area (Å²) in [5.41, 5.74) is 8.80. The van der Waals surface area contributed by atoms with Gasteiger partial charge in [0.1, 0.15) is 5.82 Å². The molecule has 5 rings (SSSR count). The van der Waals surface area contributed by atoms with Crippen LogP contribution in [0.3, 0.4) is 0 Å². The number of aromatic nitrogens is 2. The number of nitrogens with zero attached hydrogens (tertiary/aromatic N) is 3. The monoisotopic (exact) mass is 451 g/mol. The first-order valence-electron chi connectivity index (χ1n) is 12.0. The van der Waals surface area contributed by atoms with Crippen LogP contribution in [0.5, 0.6) is 0 Å². The minimum Gasteiger partial charge on any atom is -0.330 e. The molecule has 176 valence electrons. The van der Waals surface area contributed by atoms with E-state index in [0.717, 1.165) is 44.6 Å². The minimum atomic E-state index is -0.402. The summed E-state index contributed by atoms with van der Waals surface area (Å²) in [5, 5.41) is 9.75. The standard InChI is InChI=1S/C24H33N7O2/c25-15-16-11-20(12-16)27-19-3-1-17-2-4-21(14-18(17)13-19)31-8-5-22(29-24(31)33)28-23(32)30-9-6-26-7-10-30/h2,4-5,8,14,16,19-20,26-27H,1,3,6-7,9-13,15,25H2,(H,28,29,32,33). The van der Waals surface area contributed by atoms with Gasteiger partial charge in [0.15, 0.2) is 0 Å². The zero-order valence-electron chi connectivity index (χ0n) is 18.9. The van der Waals surface area contributed by atoms with Crippen molar-refractivity contribution in [3.05, 3.63) is 52.1 Å². The molecule has 3 aliphatic rings. The second-order valence-electron chi connectivity index (χ2n) is 9.46. The number of piperazine rings is 1. The van der Waals surface area contributed by atoms with Gasteiger partial charge in [0.25, 0.3) is 0 Å². The molecule has 9 nitrogen and oxygen atoms in total. The summed E-state index contributed by atoms with van der Waals surface area (Å²) in [6, 6.07) is 8.72. The second kappa shape index (κ2) is 9.62. The Balaban J connectivity index is 1.25. The number of nitrogens with two attached hydrogens (primary N) is 1. The van der Waals surface area contributed by atoms with Crippen molar-refractivity contribution in [2.45, 2.75) is 44.2 Å². The van der Waals surface area contributed by atoms with E-state index in [9.17, 15) is 9.59 Å². The minimum absolute atomic E-state index is 0.224. The number of carbonyl (C=O) groups is 1. The Bertz CT molecular complexity index is 1060.